The van der Waals surface area contributed by atoms with E-state index in [0.29, 0.717) is 30.3 Å². The third kappa shape index (κ3) is 2.19. The van der Waals surface area contributed by atoms with Gasteiger partial charge in [-0.15, -0.1) is 0 Å². The summed E-state index contributed by atoms with van der Waals surface area (Å²) in [4.78, 5) is 13.2. The average Bonchev–Trinajstić information content (AvgIpc) is 2.79. The molecule has 0 saturated carbocycles. The van der Waals surface area contributed by atoms with Crippen LogP contribution in [0.3, 0.4) is 0 Å². The molecule has 1 atom stereocenters. The minimum atomic E-state index is -0.391. The Kier molecular flexibility index (Phi) is 3.57. The van der Waals surface area contributed by atoms with E-state index < -0.39 is 6.09 Å². The van der Waals surface area contributed by atoms with Crippen LogP contribution in [0.1, 0.15) is 0 Å². The van der Waals surface area contributed by atoms with Crippen molar-refractivity contribution in [3.05, 3.63) is 18.2 Å². The summed E-state index contributed by atoms with van der Waals surface area (Å²) >= 11 is 0. The lowest BCUT2D eigenvalue weighted by molar-refractivity contribution is 0.145. The van der Waals surface area contributed by atoms with Crippen LogP contribution in [0.25, 0.3) is 0 Å². The van der Waals surface area contributed by atoms with Crippen molar-refractivity contribution in [2.75, 3.05) is 32.2 Å². The van der Waals surface area contributed by atoms with Gasteiger partial charge in [0.1, 0.15) is 6.10 Å². The van der Waals surface area contributed by atoms with Gasteiger partial charge in [-0.2, -0.15) is 0 Å². The number of methoxy groups -OCH3 is 2. The maximum absolute atomic E-state index is 11.7. The Bertz CT molecular complexity index is 450. The SMILES string of the molecule is COc1ccc(N2C[C@H](CN)OC2=O)cc1OC. The van der Waals surface area contributed by atoms with Gasteiger partial charge in [0.15, 0.2) is 11.5 Å². The summed E-state index contributed by atoms with van der Waals surface area (Å²) in [6.45, 7) is 0.764. The van der Waals surface area contributed by atoms with Gasteiger partial charge < -0.3 is 19.9 Å². The van der Waals surface area contributed by atoms with Gasteiger partial charge in [-0.05, 0) is 12.1 Å². The summed E-state index contributed by atoms with van der Waals surface area (Å²) in [6.07, 6.45) is -0.650. The third-order valence-electron chi connectivity index (χ3n) is 2.82. The van der Waals surface area contributed by atoms with Crippen molar-refractivity contribution in [1.29, 1.82) is 0 Å². The number of carbonyl (C=O) groups is 1. The Morgan fingerprint density at radius 3 is 2.67 bits per heavy atom. The van der Waals surface area contributed by atoms with Crippen LogP contribution in [0.4, 0.5) is 10.5 Å². The lowest BCUT2D eigenvalue weighted by atomic mass is 10.2. The Hall–Kier alpha value is -1.95. The molecule has 0 bridgehead atoms. The zero-order valence-corrected chi connectivity index (χ0v) is 10.4. The molecule has 1 fully saturated rings. The Balaban J connectivity index is 2.26. The van der Waals surface area contributed by atoms with Crippen LogP contribution >= 0.6 is 0 Å². The number of hydrogen-bond acceptors (Lipinski definition) is 5. The molecule has 1 saturated heterocycles. The van der Waals surface area contributed by atoms with E-state index in [1.807, 2.05) is 0 Å². The van der Waals surface area contributed by atoms with Gasteiger partial charge in [-0.1, -0.05) is 0 Å². The molecule has 2 rings (SSSR count). The predicted octanol–water partition coefficient (Wildman–Crippen LogP) is 0.988. The molecule has 1 aromatic carbocycles. The Labute approximate surface area is 105 Å². The Morgan fingerprint density at radius 1 is 1.39 bits per heavy atom. The smallest absolute Gasteiger partial charge is 0.414 e. The van der Waals surface area contributed by atoms with E-state index >= 15 is 0 Å². The van der Waals surface area contributed by atoms with Crippen LogP contribution in [0, 0.1) is 0 Å². The van der Waals surface area contributed by atoms with Gasteiger partial charge in [0.2, 0.25) is 0 Å². The van der Waals surface area contributed by atoms with E-state index in [9.17, 15) is 4.79 Å². The van der Waals surface area contributed by atoms with Gasteiger partial charge in [0, 0.05) is 12.6 Å². The molecule has 0 spiro atoms. The molecule has 18 heavy (non-hydrogen) atoms. The highest BCUT2D eigenvalue weighted by Gasteiger charge is 2.31. The van der Waals surface area contributed by atoms with Crippen LogP contribution in [-0.2, 0) is 4.74 Å². The number of nitrogens with two attached hydrogens (primary N) is 1. The van der Waals surface area contributed by atoms with E-state index in [4.69, 9.17) is 19.9 Å². The molecule has 0 radical (unpaired) electrons. The molecule has 0 aromatic heterocycles. The molecular formula is C12H16N2O4. The first-order valence-corrected chi connectivity index (χ1v) is 5.59. The number of hydrogen-bond donors (Lipinski definition) is 1. The van der Waals surface area contributed by atoms with E-state index in [0.717, 1.165) is 0 Å². The number of rotatable bonds is 4. The summed E-state index contributed by atoms with van der Waals surface area (Å²) in [5, 5.41) is 0. The molecule has 1 aliphatic heterocycles. The van der Waals surface area contributed by atoms with Crippen LogP contribution in [0.15, 0.2) is 18.2 Å². The molecule has 0 unspecified atom stereocenters. The number of nitrogens with zero attached hydrogens (tertiary/aromatic N) is 1. The first kappa shape index (κ1) is 12.5. The first-order valence-electron chi connectivity index (χ1n) is 5.59. The largest absolute Gasteiger partial charge is 0.493 e. The van der Waals surface area contributed by atoms with Crippen molar-refractivity contribution in [2.45, 2.75) is 6.10 Å². The lowest BCUT2D eigenvalue weighted by Crippen LogP contribution is -2.27. The van der Waals surface area contributed by atoms with Gasteiger partial charge in [0.05, 0.1) is 26.5 Å². The summed E-state index contributed by atoms with van der Waals surface area (Å²) in [5.41, 5.74) is 6.19. The minimum Gasteiger partial charge on any atom is -0.493 e. The second-order valence-corrected chi connectivity index (χ2v) is 3.89. The van der Waals surface area contributed by atoms with E-state index in [1.165, 1.54) is 4.90 Å². The van der Waals surface area contributed by atoms with Crippen LogP contribution in [0.2, 0.25) is 0 Å². The van der Waals surface area contributed by atoms with Crippen LogP contribution in [0.5, 0.6) is 11.5 Å². The second-order valence-electron chi connectivity index (χ2n) is 3.89. The number of ether oxygens (including phenoxy) is 3. The van der Waals surface area contributed by atoms with E-state index in [2.05, 4.69) is 0 Å². The fourth-order valence-corrected chi connectivity index (χ4v) is 1.85. The van der Waals surface area contributed by atoms with Gasteiger partial charge in [-0.3, -0.25) is 4.90 Å². The van der Waals surface area contributed by atoms with Gasteiger partial charge >= 0.3 is 6.09 Å². The molecule has 6 nitrogen and oxygen atoms in total. The standard InChI is InChI=1S/C12H16N2O4/c1-16-10-4-3-8(5-11(10)17-2)14-7-9(6-13)18-12(14)15/h3-5,9H,6-7,13H2,1-2H3/t9-/m0/s1. The highest BCUT2D eigenvalue weighted by molar-refractivity contribution is 5.90. The maximum Gasteiger partial charge on any atom is 0.414 e. The van der Waals surface area contributed by atoms with E-state index in [-0.39, 0.29) is 6.10 Å². The van der Waals surface area contributed by atoms with Crippen LogP contribution < -0.4 is 20.1 Å². The third-order valence-corrected chi connectivity index (χ3v) is 2.82. The highest BCUT2D eigenvalue weighted by Crippen LogP contribution is 2.32. The molecular weight excluding hydrogens is 236 g/mol. The molecule has 1 aromatic rings. The molecule has 1 aliphatic rings. The number of carbonyl (C=O) groups excluding carboxylic acids is 1. The molecule has 6 heteroatoms. The molecule has 0 aliphatic carbocycles. The van der Waals surface area contributed by atoms with Crippen molar-refractivity contribution < 1.29 is 19.0 Å². The summed E-state index contributed by atoms with van der Waals surface area (Å²) in [7, 11) is 3.11. The fraction of sp³-hybridized carbons (Fsp3) is 0.417. The van der Waals surface area contributed by atoms with Gasteiger partial charge in [0.25, 0.3) is 0 Å². The number of anilines is 1. The first-order chi connectivity index (χ1) is 8.69. The van der Waals surface area contributed by atoms with Crippen molar-refractivity contribution in [1.82, 2.24) is 0 Å². The van der Waals surface area contributed by atoms with Crippen molar-refractivity contribution in [3.63, 3.8) is 0 Å². The predicted molar refractivity (Wildman–Crippen MR) is 66.2 cm³/mol. The average molecular weight is 252 g/mol. The normalized spacial score (nSPS) is 18.7. The fourth-order valence-electron chi connectivity index (χ4n) is 1.85. The van der Waals surface area contributed by atoms with Crippen molar-refractivity contribution >= 4 is 11.8 Å². The lowest BCUT2D eigenvalue weighted by Gasteiger charge is -2.15. The summed E-state index contributed by atoms with van der Waals surface area (Å²) in [5.74, 6) is 1.18. The zero-order chi connectivity index (χ0) is 13.1. The van der Waals surface area contributed by atoms with E-state index in [1.54, 1.807) is 32.4 Å². The minimum absolute atomic E-state index is 0.259. The quantitative estimate of drug-likeness (QED) is 0.865. The number of benzene rings is 1. The van der Waals surface area contributed by atoms with Crippen molar-refractivity contribution in [3.8, 4) is 11.5 Å². The molecule has 2 N–H and O–H groups in total. The topological polar surface area (TPSA) is 74.0 Å². The number of amides is 1. The summed E-state index contributed by atoms with van der Waals surface area (Å²) < 4.78 is 15.4. The van der Waals surface area contributed by atoms with Crippen molar-refractivity contribution in [2.24, 2.45) is 5.73 Å². The Morgan fingerprint density at radius 2 is 2.11 bits per heavy atom. The van der Waals surface area contributed by atoms with Gasteiger partial charge in [-0.25, -0.2) is 4.79 Å². The maximum atomic E-state index is 11.7. The monoisotopic (exact) mass is 252 g/mol. The van der Waals surface area contributed by atoms with Crippen LogP contribution in [-0.4, -0.2) is 39.5 Å². The zero-order valence-electron chi connectivity index (χ0n) is 10.4. The number of cyclic esters (lactones) is 1. The highest BCUT2D eigenvalue weighted by atomic mass is 16.6. The summed E-state index contributed by atoms with van der Waals surface area (Å²) in [6, 6.07) is 5.26. The molecule has 1 heterocycles. The second kappa shape index (κ2) is 5.14. The molecule has 98 valence electrons. The molecule has 1 amide bonds.